The summed E-state index contributed by atoms with van der Waals surface area (Å²) in [6, 6.07) is 11.0. The number of hydrogen-bond donors (Lipinski definition) is 2. The SMILES string of the molecule is CN=C(NCCc1ccccc1F)NCC(c1ccco1)N1CCCC1.I. The van der Waals surface area contributed by atoms with Gasteiger partial charge in [-0.25, -0.2) is 4.39 Å². The average molecular weight is 486 g/mol. The van der Waals surface area contributed by atoms with E-state index in [1.165, 1.54) is 18.9 Å². The Morgan fingerprint density at radius 3 is 2.63 bits per heavy atom. The Labute approximate surface area is 177 Å². The molecule has 1 aromatic heterocycles. The zero-order chi connectivity index (χ0) is 18.2. The molecule has 0 radical (unpaired) electrons. The van der Waals surface area contributed by atoms with Gasteiger partial charge in [-0.3, -0.25) is 9.89 Å². The van der Waals surface area contributed by atoms with E-state index in [1.54, 1.807) is 19.4 Å². The number of halogens is 2. The number of nitrogens with one attached hydrogen (secondary N) is 2. The molecule has 2 N–H and O–H groups in total. The fourth-order valence-electron chi connectivity index (χ4n) is 3.37. The molecule has 2 heterocycles. The Kier molecular flexibility index (Phi) is 9.06. The van der Waals surface area contributed by atoms with Crippen LogP contribution in [0.4, 0.5) is 4.39 Å². The maximum absolute atomic E-state index is 13.7. The molecule has 5 nitrogen and oxygen atoms in total. The highest BCUT2D eigenvalue weighted by Crippen LogP contribution is 2.24. The van der Waals surface area contributed by atoms with Gasteiger partial charge in [0.1, 0.15) is 11.6 Å². The van der Waals surface area contributed by atoms with Gasteiger partial charge in [0.2, 0.25) is 0 Å². The first-order valence-electron chi connectivity index (χ1n) is 9.23. The predicted molar refractivity (Wildman–Crippen MR) is 117 cm³/mol. The lowest BCUT2D eigenvalue weighted by molar-refractivity contribution is 0.215. The van der Waals surface area contributed by atoms with Gasteiger partial charge in [-0.1, -0.05) is 18.2 Å². The summed E-state index contributed by atoms with van der Waals surface area (Å²) >= 11 is 0. The van der Waals surface area contributed by atoms with Gasteiger partial charge >= 0.3 is 0 Å². The number of aliphatic imine (C=N–C) groups is 1. The van der Waals surface area contributed by atoms with Crippen LogP contribution in [0.5, 0.6) is 0 Å². The Hall–Kier alpha value is -1.61. The summed E-state index contributed by atoms with van der Waals surface area (Å²) in [7, 11) is 1.75. The molecule has 1 fully saturated rings. The molecule has 1 aliphatic rings. The topological polar surface area (TPSA) is 52.8 Å². The van der Waals surface area contributed by atoms with Crippen molar-refractivity contribution in [1.82, 2.24) is 15.5 Å². The molecule has 1 aromatic carbocycles. The minimum atomic E-state index is -0.163. The minimum absolute atomic E-state index is 0. The van der Waals surface area contributed by atoms with Gasteiger partial charge < -0.3 is 15.1 Å². The molecule has 27 heavy (non-hydrogen) atoms. The van der Waals surface area contributed by atoms with Crippen molar-refractivity contribution in [2.45, 2.75) is 25.3 Å². The van der Waals surface area contributed by atoms with Crippen molar-refractivity contribution < 1.29 is 8.81 Å². The van der Waals surface area contributed by atoms with Crippen molar-refractivity contribution in [2.75, 3.05) is 33.2 Å². The molecule has 7 heteroatoms. The molecule has 3 rings (SSSR count). The van der Waals surface area contributed by atoms with Crippen LogP contribution in [0.25, 0.3) is 0 Å². The van der Waals surface area contributed by atoms with E-state index in [0.29, 0.717) is 25.1 Å². The zero-order valence-electron chi connectivity index (χ0n) is 15.7. The van der Waals surface area contributed by atoms with E-state index in [1.807, 2.05) is 24.3 Å². The van der Waals surface area contributed by atoms with Crippen molar-refractivity contribution in [1.29, 1.82) is 0 Å². The van der Waals surface area contributed by atoms with Crippen LogP contribution in [0.2, 0.25) is 0 Å². The second-order valence-corrected chi connectivity index (χ2v) is 6.50. The Morgan fingerprint density at radius 2 is 1.96 bits per heavy atom. The Morgan fingerprint density at radius 1 is 1.19 bits per heavy atom. The van der Waals surface area contributed by atoms with Crippen molar-refractivity contribution in [3.63, 3.8) is 0 Å². The highest BCUT2D eigenvalue weighted by Gasteiger charge is 2.25. The lowest BCUT2D eigenvalue weighted by Crippen LogP contribution is -2.43. The molecular weight excluding hydrogens is 458 g/mol. The van der Waals surface area contributed by atoms with Gasteiger partial charge in [-0.15, -0.1) is 24.0 Å². The summed E-state index contributed by atoms with van der Waals surface area (Å²) in [5.41, 5.74) is 0.709. The molecule has 1 unspecified atom stereocenters. The van der Waals surface area contributed by atoms with Crippen LogP contribution in [0.3, 0.4) is 0 Å². The molecule has 0 spiro atoms. The van der Waals surface area contributed by atoms with Gasteiger partial charge in [0.15, 0.2) is 5.96 Å². The number of guanidine groups is 1. The van der Waals surface area contributed by atoms with Gasteiger partial charge in [0, 0.05) is 20.1 Å². The zero-order valence-corrected chi connectivity index (χ0v) is 18.0. The van der Waals surface area contributed by atoms with Crippen molar-refractivity contribution in [2.24, 2.45) is 4.99 Å². The van der Waals surface area contributed by atoms with E-state index in [0.717, 1.165) is 24.8 Å². The smallest absolute Gasteiger partial charge is 0.191 e. The lowest BCUT2D eigenvalue weighted by atomic mass is 10.1. The van der Waals surface area contributed by atoms with Gasteiger partial charge in [-0.2, -0.15) is 0 Å². The summed E-state index contributed by atoms with van der Waals surface area (Å²) in [4.78, 5) is 6.72. The van der Waals surface area contributed by atoms with Crippen molar-refractivity contribution >= 4 is 29.9 Å². The number of nitrogens with zero attached hydrogens (tertiary/aromatic N) is 2. The van der Waals surface area contributed by atoms with E-state index >= 15 is 0 Å². The van der Waals surface area contributed by atoms with Crippen molar-refractivity contribution in [3.05, 3.63) is 59.8 Å². The molecule has 1 aliphatic heterocycles. The monoisotopic (exact) mass is 486 g/mol. The summed E-state index contributed by atoms with van der Waals surface area (Å²) in [5, 5.41) is 6.64. The predicted octanol–water partition coefficient (Wildman–Crippen LogP) is 3.58. The minimum Gasteiger partial charge on any atom is -0.468 e. The van der Waals surface area contributed by atoms with Crippen LogP contribution < -0.4 is 10.6 Å². The van der Waals surface area contributed by atoms with Crippen LogP contribution in [-0.2, 0) is 6.42 Å². The van der Waals surface area contributed by atoms with Crippen molar-refractivity contribution in [3.8, 4) is 0 Å². The van der Waals surface area contributed by atoms with Crippen LogP contribution in [0.1, 0.15) is 30.2 Å². The van der Waals surface area contributed by atoms with Gasteiger partial charge in [-0.05, 0) is 56.1 Å². The van der Waals surface area contributed by atoms with Crippen LogP contribution in [0, 0.1) is 5.82 Å². The van der Waals surface area contributed by atoms with E-state index in [2.05, 4.69) is 20.5 Å². The normalized spacial score (nSPS) is 16.0. The quantitative estimate of drug-likeness (QED) is 0.357. The van der Waals surface area contributed by atoms with Gasteiger partial charge in [0.25, 0.3) is 0 Å². The van der Waals surface area contributed by atoms with Crippen LogP contribution in [-0.4, -0.2) is 44.1 Å². The second kappa shape index (κ2) is 11.3. The molecule has 0 bridgehead atoms. The van der Waals surface area contributed by atoms with E-state index < -0.39 is 0 Å². The fraction of sp³-hybridized carbons (Fsp3) is 0.450. The number of hydrogen-bond acceptors (Lipinski definition) is 3. The summed E-state index contributed by atoms with van der Waals surface area (Å²) < 4.78 is 19.3. The lowest BCUT2D eigenvalue weighted by Gasteiger charge is -2.26. The van der Waals surface area contributed by atoms with E-state index in [9.17, 15) is 4.39 Å². The molecule has 1 saturated heterocycles. The van der Waals surface area contributed by atoms with Crippen LogP contribution in [0.15, 0.2) is 52.1 Å². The Balaban J connectivity index is 0.00000261. The molecule has 1 atom stereocenters. The number of furan rings is 1. The number of rotatable bonds is 7. The number of likely N-dealkylation sites (tertiary alicyclic amines) is 1. The van der Waals surface area contributed by atoms with Gasteiger partial charge in [0.05, 0.1) is 12.3 Å². The molecule has 0 aliphatic carbocycles. The first-order chi connectivity index (χ1) is 12.8. The largest absolute Gasteiger partial charge is 0.468 e. The van der Waals surface area contributed by atoms with Crippen LogP contribution >= 0.6 is 24.0 Å². The maximum Gasteiger partial charge on any atom is 0.191 e. The highest BCUT2D eigenvalue weighted by molar-refractivity contribution is 14.0. The number of benzene rings is 1. The third kappa shape index (κ3) is 6.21. The molecule has 0 saturated carbocycles. The average Bonchev–Trinajstić information content (AvgIpc) is 3.36. The first-order valence-corrected chi connectivity index (χ1v) is 9.23. The molecule has 148 valence electrons. The maximum atomic E-state index is 13.7. The van der Waals surface area contributed by atoms with E-state index in [-0.39, 0.29) is 35.8 Å². The molecule has 0 amide bonds. The molecule has 2 aromatic rings. The van der Waals surface area contributed by atoms with E-state index in [4.69, 9.17) is 4.42 Å². The summed E-state index contributed by atoms with van der Waals surface area (Å²) in [5.74, 6) is 1.53. The second-order valence-electron chi connectivity index (χ2n) is 6.50. The summed E-state index contributed by atoms with van der Waals surface area (Å²) in [6.45, 7) is 3.52. The third-order valence-electron chi connectivity index (χ3n) is 4.78. The third-order valence-corrected chi connectivity index (χ3v) is 4.78. The molecular formula is C20H28FIN4O. The first kappa shape index (κ1) is 21.7. The highest BCUT2D eigenvalue weighted by atomic mass is 127. The fourth-order valence-corrected chi connectivity index (χ4v) is 3.37. The Bertz CT molecular complexity index is 702. The standard InChI is InChI=1S/C20H27FN4O.HI/c1-22-20(23-11-10-16-7-2-3-8-17(16)21)24-15-18(19-9-6-14-26-19)25-12-4-5-13-25;/h2-3,6-9,14,18H,4-5,10-13,15H2,1H3,(H2,22,23,24);1H. The summed E-state index contributed by atoms with van der Waals surface area (Å²) in [6.07, 6.45) is 4.79.